The summed E-state index contributed by atoms with van der Waals surface area (Å²) >= 11 is 0. The highest BCUT2D eigenvalue weighted by molar-refractivity contribution is 5.96. The Balaban J connectivity index is 2.41. The number of hydrogen-bond acceptors (Lipinski definition) is 5. The predicted molar refractivity (Wildman–Crippen MR) is 65.4 cm³/mol. The molecule has 0 aliphatic rings. The van der Waals surface area contributed by atoms with Crippen molar-refractivity contribution in [2.45, 2.75) is 20.0 Å². The Kier molecular flexibility index (Phi) is 3.97. The summed E-state index contributed by atoms with van der Waals surface area (Å²) in [5, 5.41) is 3.66. The molecule has 112 valence electrons. The Hall–Kier alpha value is -2.38. The lowest BCUT2D eigenvalue weighted by Gasteiger charge is -2.06. The topological polar surface area (TPSA) is 65.2 Å². The Morgan fingerprint density at radius 2 is 2.10 bits per heavy atom. The molecule has 2 heterocycles. The summed E-state index contributed by atoms with van der Waals surface area (Å²) in [4.78, 5) is 15.5. The van der Waals surface area contributed by atoms with Crippen molar-refractivity contribution < 1.29 is 27.2 Å². The lowest BCUT2D eigenvalue weighted by molar-refractivity contribution is -0.137. The highest BCUT2D eigenvalue weighted by Gasteiger charge is 2.31. The Morgan fingerprint density at radius 1 is 1.38 bits per heavy atom. The summed E-state index contributed by atoms with van der Waals surface area (Å²) in [7, 11) is 0. The van der Waals surface area contributed by atoms with Gasteiger partial charge in [0.15, 0.2) is 0 Å². The molecule has 0 fully saturated rings. The molecule has 0 spiro atoms. The lowest BCUT2D eigenvalue weighted by atomic mass is 10.1. The number of nitrogens with zero attached hydrogens (tertiary/aromatic N) is 2. The number of esters is 1. The van der Waals surface area contributed by atoms with Crippen LogP contribution in [-0.4, -0.2) is 22.7 Å². The minimum Gasteiger partial charge on any atom is -0.462 e. The van der Waals surface area contributed by atoms with E-state index in [1.54, 1.807) is 6.92 Å². The van der Waals surface area contributed by atoms with Gasteiger partial charge in [-0.15, -0.1) is 0 Å². The summed E-state index contributed by atoms with van der Waals surface area (Å²) in [5.41, 5.74) is -0.671. The number of alkyl halides is 3. The van der Waals surface area contributed by atoms with Gasteiger partial charge in [-0.25, -0.2) is 4.79 Å². The third-order valence-corrected chi connectivity index (χ3v) is 2.68. The molecule has 0 aliphatic carbocycles. The van der Waals surface area contributed by atoms with Crippen LogP contribution in [-0.2, 0) is 10.9 Å². The second-order valence-corrected chi connectivity index (χ2v) is 4.11. The van der Waals surface area contributed by atoms with Crippen LogP contribution in [0.15, 0.2) is 22.9 Å². The van der Waals surface area contributed by atoms with Gasteiger partial charge in [0.2, 0.25) is 0 Å². The minimum absolute atomic E-state index is 0.0553. The molecular formula is C13H11F3N2O3. The number of pyridine rings is 1. The normalized spacial score (nSPS) is 11.5. The second kappa shape index (κ2) is 5.55. The van der Waals surface area contributed by atoms with Crippen LogP contribution in [0.2, 0.25) is 0 Å². The van der Waals surface area contributed by atoms with E-state index in [1.165, 1.54) is 6.92 Å². The zero-order chi connectivity index (χ0) is 15.6. The van der Waals surface area contributed by atoms with Gasteiger partial charge in [0.05, 0.1) is 17.9 Å². The van der Waals surface area contributed by atoms with Crippen molar-refractivity contribution in [2.75, 3.05) is 6.61 Å². The van der Waals surface area contributed by atoms with Crippen LogP contribution in [0.3, 0.4) is 0 Å². The van der Waals surface area contributed by atoms with Gasteiger partial charge in [-0.05, 0) is 26.0 Å². The van der Waals surface area contributed by atoms with Crippen molar-refractivity contribution in [3.8, 4) is 11.4 Å². The van der Waals surface area contributed by atoms with Crippen molar-refractivity contribution in [1.29, 1.82) is 0 Å². The maximum Gasteiger partial charge on any atom is 0.417 e. The highest BCUT2D eigenvalue weighted by atomic mass is 19.4. The standard InChI is InChI=1S/C13H11F3N2O3/c1-3-20-12(19)10-7(2)21-18-11(10)9-5-4-8(6-17-9)13(14,15)16/h4-6H,3H2,1-2H3. The van der Waals surface area contributed by atoms with Gasteiger partial charge in [0.1, 0.15) is 17.0 Å². The molecule has 0 N–H and O–H groups in total. The molecule has 8 heteroatoms. The van der Waals surface area contributed by atoms with E-state index in [0.29, 0.717) is 6.20 Å². The Labute approximate surface area is 117 Å². The van der Waals surface area contributed by atoms with E-state index in [-0.39, 0.29) is 29.3 Å². The van der Waals surface area contributed by atoms with Crippen molar-refractivity contribution >= 4 is 5.97 Å². The van der Waals surface area contributed by atoms with Crippen LogP contribution in [0.25, 0.3) is 11.4 Å². The van der Waals surface area contributed by atoms with Crippen LogP contribution < -0.4 is 0 Å². The number of ether oxygens (including phenoxy) is 1. The largest absolute Gasteiger partial charge is 0.462 e. The van der Waals surface area contributed by atoms with Crippen molar-refractivity contribution in [3.63, 3.8) is 0 Å². The molecule has 0 radical (unpaired) electrons. The van der Waals surface area contributed by atoms with Crippen molar-refractivity contribution in [1.82, 2.24) is 10.1 Å². The summed E-state index contributed by atoms with van der Waals surface area (Å²) in [5.74, 6) is -0.446. The SMILES string of the molecule is CCOC(=O)c1c(-c2ccc(C(F)(F)F)cn2)noc1C. The summed E-state index contributed by atoms with van der Waals surface area (Å²) in [6.45, 7) is 3.30. The third-order valence-electron chi connectivity index (χ3n) is 2.68. The first kappa shape index (κ1) is 15.0. The van der Waals surface area contributed by atoms with Crippen molar-refractivity contribution in [3.05, 3.63) is 35.2 Å². The molecule has 0 amide bonds. The van der Waals surface area contributed by atoms with E-state index in [2.05, 4.69) is 10.1 Å². The first-order valence-corrected chi connectivity index (χ1v) is 6.01. The number of hydrogen-bond donors (Lipinski definition) is 0. The molecule has 2 rings (SSSR count). The van der Waals surface area contributed by atoms with E-state index >= 15 is 0 Å². The number of rotatable bonds is 3. The first-order chi connectivity index (χ1) is 9.84. The van der Waals surface area contributed by atoms with E-state index in [4.69, 9.17) is 9.26 Å². The maximum atomic E-state index is 12.5. The molecule has 0 unspecified atom stereocenters. The van der Waals surface area contributed by atoms with E-state index in [0.717, 1.165) is 12.1 Å². The van der Waals surface area contributed by atoms with Gasteiger partial charge in [-0.1, -0.05) is 5.16 Å². The van der Waals surface area contributed by atoms with Gasteiger partial charge in [-0.3, -0.25) is 4.98 Å². The summed E-state index contributed by atoms with van der Waals surface area (Å²) in [6, 6.07) is 1.99. The summed E-state index contributed by atoms with van der Waals surface area (Å²) in [6.07, 6.45) is -3.80. The average molecular weight is 300 g/mol. The molecule has 0 aliphatic heterocycles. The van der Waals surface area contributed by atoms with Gasteiger partial charge in [0.25, 0.3) is 0 Å². The second-order valence-electron chi connectivity index (χ2n) is 4.11. The van der Waals surface area contributed by atoms with Crippen LogP contribution in [0.4, 0.5) is 13.2 Å². The van der Waals surface area contributed by atoms with Gasteiger partial charge >= 0.3 is 12.1 Å². The third kappa shape index (κ3) is 3.04. The maximum absolute atomic E-state index is 12.5. The predicted octanol–water partition coefficient (Wildman–Crippen LogP) is 3.24. The Bertz CT molecular complexity index is 648. The van der Waals surface area contributed by atoms with Crippen LogP contribution in [0, 0.1) is 6.92 Å². The quantitative estimate of drug-likeness (QED) is 0.814. The molecular weight excluding hydrogens is 289 g/mol. The fourth-order valence-electron chi connectivity index (χ4n) is 1.69. The number of carbonyl (C=O) groups is 1. The Morgan fingerprint density at radius 3 is 2.62 bits per heavy atom. The van der Waals surface area contributed by atoms with E-state index in [1.807, 2.05) is 0 Å². The smallest absolute Gasteiger partial charge is 0.417 e. The molecule has 0 saturated carbocycles. The zero-order valence-electron chi connectivity index (χ0n) is 11.2. The molecule has 0 bridgehead atoms. The fraction of sp³-hybridized carbons (Fsp3) is 0.308. The van der Waals surface area contributed by atoms with Gasteiger partial charge < -0.3 is 9.26 Å². The number of carbonyl (C=O) groups excluding carboxylic acids is 1. The van der Waals surface area contributed by atoms with Crippen molar-refractivity contribution in [2.24, 2.45) is 0 Å². The van der Waals surface area contributed by atoms with Crippen LogP contribution in [0.1, 0.15) is 28.6 Å². The molecule has 21 heavy (non-hydrogen) atoms. The molecule has 0 saturated heterocycles. The fourth-order valence-corrected chi connectivity index (χ4v) is 1.69. The van der Waals surface area contributed by atoms with E-state index in [9.17, 15) is 18.0 Å². The summed E-state index contributed by atoms with van der Waals surface area (Å²) < 4.78 is 47.2. The van der Waals surface area contributed by atoms with Crippen LogP contribution >= 0.6 is 0 Å². The van der Waals surface area contributed by atoms with Gasteiger partial charge in [0, 0.05) is 6.20 Å². The highest BCUT2D eigenvalue weighted by Crippen LogP contribution is 2.30. The number of aromatic nitrogens is 2. The molecule has 0 aromatic carbocycles. The lowest BCUT2D eigenvalue weighted by Crippen LogP contribution is -2.08. The van der Waals surface area contributed by atoms with Crippen LogP contribution in [0.5, 0.6) is 0 Å². The number of halogens is 3. The molecule has 2 aromatic heterocycles. The molecule has 0 atom stereocenters. The molecule has 5 nitrogen and oxygen atoms in total. The molecule has 2 aromatic rings. The average Bonchev–Trinajstić information content (AvgIpc) is 2.80. The van der Waals surface area contributed by atoms with E-state index < -0.39 is 17.7 Å². The zero-order valence-corrected chi connectivity index (χ0v) is 11.2. The first-order valence-electron chi connectivity index (χ1n) is 6.01. The van der Waals surface area contributed by atoms with Gasteiger partial charge in [-0.2, -0.15) is 13.2 Å². The minimum atomic E-state index is -4.48. The monoisotopic (exact) mass is 300 g/mol. The number of aryl methyl sites for hydroxylation is 1.